The molecule has 0 heterocycles. The van der Waals surface area contributed by atoms with Crippen LogP contribution in [0.25, 0.3) is 11.1 Å². The van der Waals surface area contributed by atoms with Gasteiger partial charge in [-0.05, 0) is 70.8 Å². The van der Waals surface area contributed by atoms with Gasteiger partial charge in [0.1, 0.15) is 23.9 Å². The van der Waals surface area contributed by atoms with Crippen molar-refractivity contribution < 1.29 is 23.8 Å². The molecule has 0 unspecified atom stereocenters. The smallest absolute Gasteiger partial charge is 0.303 e. The second-order valence-electron chi connectivity index (χ2n) is 9.74. The van der Waals surface area contributed by atoms with Crippen LogP contribution < -0.4 is 9.47 Å². The van der Waals surface area contributed by atoms with Crippen molar-refractivity contribution in [3.63, 3.8) is 0 Å². The number of rotatable bonds is 11. The molecule has 4 nitrogen and oxygen atoms in total. The monoisotopic (exact) mass is 536 g/mol. The molecular weight excluding hydrogens is 491 g/mol. The maximum atomic E-state index is 14.8. The lowest BCUT2D eigenvalue weighted by atomic mass is 9.82. The molecule has 0 aliphatic carbocycles. The first-order chi connectivity index (χ1) is 18.6. The number of methoxy groups -OCH3 is 1. The van der Waals surface area contributed by atoms with Gasteiger partial charge in [0.05, 0.1) is 7.11 Å². The summed E-state index contributed by atoms with van der Waals surface area (Å²) in [5.74, 6) is 0.147. The molecule has 0 saturated heterocycles. The number of carboxylic acids is 1. The molecule has 3 aromatic carbocycles. The average molecular weight is 537 g/mol. The van der Waals surface area contributed by atoms with E-state index in [1.54, 1.807) is 19.2 Å². The number of allylic oxidation sites excluding steroid dienone is 1. The Kier molecular flexibility index (Phi) is 14.6. The number of aryl methyl sites for hydroxylation is 1. The molecule has 0 spiro atoms. The van der Waals surface area contributed by atoms with E-state index in [-0.39, 0.29) is 17.7 Å². The number of benzene rings is 3. The largest absolute Gasteiger partial charge is 0.497 e. The maximum absolute atomic E-state index is 14.8. The van der Waals surface area contributed by atoms with E-state index >= 15 is 0 Å². The molecule has 0 bridgehead atoms. The van der Waals surface area contributed by atoms with Crippen molar-refractivity contribution in [3.05, 3.63) is 95.8 Å². The highest BCUT2D eigenvalue weighted by Crippen LogP contribution is 2.34. The number of carbonyl (C=O) groups is 1. The molecule has 0 aromatic heterocycles. The summed E-state index contributed by atoms with van der Waals surface area (Å²) in [5, 5.41) is 8.90. The number of hydrogen-bond acceptors (Lipinski definition) is 3. The van der Waals surface area contributed by atoms with Crippen LogP contribution in [0.5, 0.6) is 11.5 Å². The summed E-state index contributed by atoms with van der Waals surface area (Å²) in [6.45, 7) is 16.7. The number of hydrogen-bond donors (Lipinski definition) is 1. The highest BCUT2D eigenvalue weighted by atomic mass is 19.1. The molecular formula is C34H45FO4. The van der Waals surface area contributed by atoms with Crippen LogP contribution in [0.3, 0.4) is 0 Å². The van der Waals surface area contributed by atoms with Gasteiger partial charge in [0, 0.05) is 12.0 Å². The first kappa shape index (κ1) is 33.4. The van der Waals surface area contributed by atoms with Crippen molar-refractivity contribution in [1.29, 1.82) is 0 Å². The fourth-order valence-electron chi connectivity index (χ4n) is 3.76. The summed E-state index contributed by atoms with van der Waals surface area (Å²) in [4.78, 5) is 10.8. The van der Waals surface area contributed by atoms with Crippen molar-refractivity contribution in [1.82, 2.24) is 0 Å². The summed E-state index contributed by atoms with van der Waals surface area (Å²) >= 11 is 0. The summed E-state index contributed by atoms with van der Waals surface area (Å²) in [5.41, 5.74) is 3.99. The Morgan fingerprint density at radius 2 is 1.67 bits per heavy atom. The maximum Gasteiger partial charge on any atom is 0.303 e. The minimum Gasteiger partial charge on any atom is -0.497 e. The van der Waals surface area contributed by atoms with Gasteiger partial charge in [-0.3, -0.25) is 4.79 Å². The normalized spacial score (nSPS) is 10.4. The van der Waals surface area contributed by atoms with Crippen LogP contribution in [0.2, 0.25) is 0 Å². The Bertz CT molecular complexity index is 1180. The fourth-order valence-corrected chi connectivity index (χ4v) is 3.76. The Labute approximate surface area is 234 Å². The van der Waals surface area contributed by atoms with Crippen molar-refractivity contribution in [3.8, 4) is 22.6 Å². The zero-order chi connectivity index (χ0) is 29.4. The second kappa shape index (κ2) is 17.1. The van der Waals surface area contributed by atoms with Crippen LogP contribution in [-0.4, -0.2) is 18.2 Å². The van der Waals surface area contributed by atoms with Crippen LogP contribution in [0.4, 0.5) is 4.39 Å². The van der Waals surface area contributed by atoms with Crippen LogP contribution >= 0.6 is 0 Å². The number of carboxylic acid groups (broad SMARTS) is 1. The third-order valence-corrected chi connectivity index (χ3v) is 5.76. The lowest BCUT2D eigenvalue weighted by Gasteiger charge is -2.23. The molecule has 1 N–H and O–H groups in total. The molecule has 0 aliphatic rings. The topological polar surface area (TPSA) is 55.8 Å². The standard InChI is InChI=1S/C29H31FO4.C3H8.C2H6/c1-5-29(2,3)18-22-15-21(9-12-25(22)26-17-23(33-4)11-13-27(26)30)19-34-24-8-6-7-20(16-24)10-14-28(31)32;1-3-2;1-2/h5-9,11-13,15-17H,1,10,14,18-19H2,2-4H3,(H,31,32);3H2,1-2H3;1-2H3. The van der Waals surface area contributed by atoms with E-state index in [2.05, 4.69) is 34.3 Å². The average Bonchev–Trinajstić information content (AvgIpc) is 2.93. The van der Waals surface area contributed by atoms with E-state index in [1.807, 2.05) is 62.4 Å². The van der Waals surface area contributed by atoms with Crippen molar-refractivity contribution in [2.45, 2.75) is 73.8 Å². The molecule has 212 valence electrons. The molecule has 0 atom stereocenters. The minimum atomic E-state index is -0.825. The van der Waals surface area contributed by atoms with E-state index in [4.69, 9.17) is 14.6 Å². The van der Waals surface area contributed by atoms with Gasteiger partial charge in [0.25, 0.3) is 0 Å². The zero-order valence-corrected chi connectivity index (χ0v) is 24.6. The van der Waals surface area contributed by atoms with Crippen molar-refractivity contribution in [2.75, 3.05) is 7.11 Å². The molecule has 0 amide bonds. The third-order valence-electron chi connectivity index (χ3n) is 5.76. The molecule has 0 saturated carbocycles. The highest BCUT2D eigenvalue weighted by molar-refractivity contribution is 5.70. The van der Waals surface area contributed by atoms with E-state index in [0.717, 1.165) is 22.3 Å². The van der Waals surface area contributed by atoms with Crippen LogP contribution in [-0.2, 0) is 24.2 Å². The molecule has 5 heteroatoms. The van der Waals surface area contributed by atoms with Gasteiger partial charge < -0.3 is 14.6 Å². The Hall–Kier alpha value is -3.60. The summed E-state index contributed by atoms with van der Waals surface area (Å²) in [7, 11) is 1.57. The van der Waals surface area contributed by atoms with Crippen molar-refractivity contribution >= 4 is 5.97 Å². The predicted octanol–water partition coefficient (Wildman–Crippen LogP) is 9.29. The van der Waals surface area contributed by atoms with E-state index in [9.17, 15) is 9.18 Å². The Morgan fingerprint density at radius 3 is 2.28 bits per heavy atom. The predicted molar refractivity (Wildman–Crippen MR) is 160 cm³/mol. The van der Waals surface area contributed by atoms with Gasteiger partial charge in [-0.1, -0.05) is 84.4 Å². The SMILES string of the molecule is C=CC(C)(C)Cc1cc(COc2cccc(CCC(=O)O)c2)ccc1-c1cc(OC)ccc1F.CC.CCC. The van der Waals surface area contributed by atoms with Gasteiger partial charge in [-0.15, -0.1) is 6.58 Å². The fraction of sp³-hybridized carbons (Fsp3) is 0.382. The van der Waals surface area contributed by atoms with E-state index < -0.39 is 5.97 Å². The van der Waals surface area contributed by atoms with Crippen molar-refractivity contribution in [2.24, 2.45) is 5.41 Å². The lowest BCUT2D eigenvalue weighted by Crippen LogP contribution is -2.12. The second-order valence-corrected chi connectivity index (χ2v) is 9.74. The minimum absolute atomic E-state index is 0.0776. The summed E-state index contributed by atoms with van der Waals surface area (Å²) in [6, 6.07) is 18.1. The first-order valence-corrected chi connectivity index (χ1v) is 13.6. The Balaban J connectivity index is 0.00000142. The molecule has 0 fully saturated rings. The van der Waals surface area contributed by atoms with Gasteiger partial charge in [0.2, 0.25) is 0 Å². The van der Waals surface area contributed by atoms with Crippen LogP contribution in [0.15, 0.2) is 73.3 Å². The third kappa shape index (κ3) is 11.4. The molecule has 0 aliphatic heterocycles. The van der Waals surface area contributed by atoms with Crippen LogP contribution in [0, 0.1) is 11.2 Å². The van der Waals surface area contributed by atoms with Gasteiger partial charge in [0.15, 0.2) is 0 Å². The van der Waals surface area contributed by atoms with E-state index in [1.165, 1.54) is 12.5 Å². The summed E-state index contributed by atoms with van der Waals surface area (Å²) in [6.07, 6.45) is 4.37. The van der Waals surface area contributed by atoms with Gasteiger partial charge in [-0.25, -0.2) is 4.39 Å². The number of ether oxygens (including phenoxy) is 2. The van der Waals surface area contributed by atoms with E-state index in [0.29, 0.717) is 36.5 Å². The van der Waals surface area contributed by atoms with Gasteiger partial charge >= 0.3 is 5.97 Å². The lowest BCUT2D eigenvalue weighted by molar-refractivity contribution is -0.136. The summed E-state index contributed by atoms with van der Waals surface area (Å²) < 4.78 is 26.1. The Morgan fingerprint density at radius 1 is 0.974 bits per heavy atom. The molecule has 0 radical (unpaired) electrons. The zero-order valence-electron chi connectivity index (χ0n) is 24.6. The van der Waals surface area contributed by atoms with Crippen LogP contribution in [0.1, 0.15) is 71.1 Å². The quantitative estimate of drug-likeness (QED) is 0.248. The number of aliphatic carboxylic acids is 1. The first-order valence-electron chi connectivity index (χ1n) is 13.6. The van der Waals surface area contributed by atoms with Gasteiger partial charge in [-0.2, -0.15) is 0 Å². The molecule has 3 aromatic rings. The molecule has 3 rings (SSSR count). The number of halogens is 1. The highest BCUT2D eigenvalue weighted by Gasteiger charge is 2.19. The molecule has 39 heavy (non-hydrogen) atoms.